The number of hydrogen-bond donors (Lipinski definition) is 0. The van der Waals surface area contributed by atoms with E-state index < -0.39 is 0 Å². The maximum atomic E-state index is 11.5. The van der Waals surface area contributed by atoms with E-state index in [9.17, 15) is 4.79 Å². The molecule has 5 heteroatoms. The molecule has 0 unspecified atom stereocenters. The highest BCUT2D eigenvalue weighted by molar-refractivity contribution is 5.02. The third-order valence-corrected chi connectivity index (χ3v) is 2.62. The lowest BCUT2D eigenvalue weighted by molar-refractivity contribution is 0.373. The molecular weight excluding hydrogens is 206 g/mol. The highest BCUT2D eigenvalue weighted by Gasteiger charge is 2.29. The molecule has 2 heterocycles. The molecule has 0 aromatic carbocycles. The van der Waals surface area contributed by atoms with Crippen molar-refractivity contribution in [2.45, 2.75) is 25.3 Å². The quantitative estimate of drug-likeness (QED) is 0.773. The Morgan fingerprint density at radius 3 is 3.06 bits per heavy atom. The summed E-state index contributed by atoms with van der Waals surface area (Å²) in [5, 5.41) is 3.87. The molecule has 1 saturated carbocycles. The van der Waals surface area contributed by atoms with E-state index in [1.165, 1.54) is 6.07 Å². The smallest absolute Gasteiger partial charge is 0.250 e. The van der Waals surface area contributed by atoms with Crippen molar-refractivity contribution in [3.8, 4) is 0 Å². The van der Waals surface area contributed by atoms with E-state index in [2.05, 4.69) is 10.1 Å². The van der Waals surface area contributed by atoms with Crippen LogP contribution in [0, 0.1) is 0 Å². The number of aromatic nitrogens is 3. The van der Waals surface area contributed by atoms with Crippen molar-refractivity contribution in [2.24, 2.45) is 0 Å². The van der Waals surface area contributed by atoms with Gasteiger partial charge in [-0.3, -0.25) is 4.79 Å². The number of pyridine rings is 1. The Morgan fingerprint density at radius 2 is 2.31 bits per heavy atom. The first-order valence-corrected chi connectivity index (χ1v) is 5.31. The van der Waals surface area contributed by atoms with Crippen LogP contribution >= 0.6 is 0 Å². The zero-order valence-corrected chi connectivity index (χ0v) is 8.67. The fraction of sp³-hybridized carbons (Fsp3) is 0.364. The molecule has 0 saturated heterocycles. The molecule has 0 spiro atoms. The van der Waals surface area contributed by atoms with Gasteiger partial charge >= 0.3 is 0 Å². The van der Waals surface area contributed by atoms with Crippen molar-refractivity contribution in [2.75, 3.05) is 0 Å². The summed E-state index contributed by atoms with van der Waals surface area (Å²) >= 11 is 0. The normalized spacial score (nSPS) is 15.2. The Hall–Kier alpha value is -1.91. The molecule has 0 bridgehead atoms. The third-order valence-electron chi connectivity index (χ3n) is 2.62. The summed E-state index contributed by atoms with van der Waals surface area (Å²) in [5.74, 6) is 1.72. The summed E-state index contributed by atoms with van der Waals surface area (Å²) in [6.07, 6.45) is 3.98. The second kappa shape index (κ2) is 3.59. The van der Waals surface area contributed by atoms with Gasteiger partial charge in [-0.1, -0.05) is 11.2 Å². The minimum Gasteiger partial charge on any atom is -0.339 e. The van der Waals surface area contributed by atoms with Gasteiger partial charge in [0.15, 0.2) is 5.82 Å². The summed E-state index contributed by atoms with van der Waals surface area (Å²) in [6, 6.07) is 5.04. The van der Waals surface area contributed by atoms with Gasteiger partial charge in [0, 0.05) is 18.2 Å². The minimum atomic E-state index is -0.0553. The second-order valence-corrected chi connectivity index (χ2v) is 3.99. The van der Waals surface area contributed by atoms with E-state index in [-0.39, 0.29) is 5.56 Å². The van der Waals surface area contributed by atoms with Crippen LogP contribution in [0.1, 0.15) is 30.5 Å². The molecule has 0 amide bonds. The molecule has 5 nitrogen and oxygen atoms in total. The molecule has 3 rings (SSSR count). The molecule has 0 N–H and O–H groups in total. The Morgan fingerprint density at radius 1 is 1.44 bits per heavy atom. The zero-order chi connectivity index (χ0) is 11.0. The van der Waals surface area contributed by atoms with E-state index in [1.807, 2.05) is 6.07 Å². The van der Waals surface area contributed by atoms with Crippen LogP contribution in [0.5, 0.6) is 0 Å². The van der Waals surface area contributed by atoms with E-state index in [1.54, 1.807) is 16.8 Å². The summed E-state index contributed by atoms with van der Waals surface area (Å²) in [4.78, 5) is 15.7. The van der Waals surface area contributed by atoms with Crippen LogP contribution in [0.2, 0.25) is 0 Å². The highest BCUT2D eigenvalue weighted by Crippen LogP contribution is 2.38. The first-order chi connectivity index (χ1) is 7.83. The van der Waals surface area contributed by atoms with Crippen molar-refractivity contribution < 1.29 is 4.52 Å². The maximum absolute atomic E-state index is 11.5. The molecule has 1 aliphatic rings. The first-order valence-electron chi connectivity index (χ1n) is 5.31. The monoisotopic (exact) mass is 217 g/mol. The standard InChI is InChI=1S/C11H11N3O2/c15-10-3-1-2-6-14(10)7-9-12-11(16-13-9)8-4-5-8/h1-3,6,8H,4-5,7H2. The molecular formula is C11H11N3O2. The number of rotatable bonds is 3. The van der Waals surface area contributed by atoms with Gasteiger partial charge in [0.05, 0.1) is 6.54 Å². The average Bonchev–Trinajstić information content (AvgIpc) is 3.03. The summed E-state index contributed by atoms with van der Waals surface area (Å²) in [7, 11) is 0. The van der Waals surface area contributed by atoms with E-state index in [0.717, 1.165) is 12.8 Å². The van der Waals surface area contributed by atoms with E-state index >= 15 is 0 Å². The Balaban J connectivity index is 1.83. The molecule has 1 aliphatic carbocycles. The fourth-order valence-corrected chi connectivity index (χ4v) is 1.57. The van der Waals surface area contributed by atoms with Crippen molar-refractivity contribution in [1.29, 1.82) is 0 Å². The summed E-state index contributed by atoms with van der Waals surface area (Å²) in [5.41, 5.74) is -0.0553. The molecule has 0 atom stereocenters. The topological polar surface area (TPSA) is 60.9 Å². The number of hydrogen-bond acceptors (Lipinski definition) is 4. The molecule has 0 aliphatic heterocycles. The van der Waals surface area contributed by atoms with Gasteiger partial charge < -0.3 is 9.09 Å². The first kappa shape index (κ1) is 9.33. The summed E-state index contributed by atoms with van der Waals surface area (Å²) in [6.45, 7) is 0.371. The van der Waals surface area contributed by atoms with Crippen LogP contribution in [0.15, 0.2) is 33.7 Å². The average molecular weight is 217 g/mol. The van der Waals surface area contributed by atoms with Gasteiger partial charge in [-0.2, -0.15) is 4.98 Å². The lowest BCUT2D eigenvalue weighted by Gasteiger charge is -1.99. The molecule has 2 aromatic rings. The van der Waals surface area contributed by atoms with Gasteiger partial charge in [-0.15, -0.1) is 0 Å². The van der Waals surface area contributed by atoms with Crippen molar-refractivity contribution in [3.05, 3.63) is 46.5 Å². The van der Waals surface area contributed by atoms with Crippen LogP contribution in [0.4, 0.5) is 0 Å². The lowest BCUT2D eigenvalue weighted by Crippen LogP contribution is -2.18. The predicted octanol–water partition coefficient (Wildman–Crippen LogP) is 1.16. The second-order valence-electron chi connectivity index (χ2n) is 3.99. The molecule has 16 heavy (non-hydrogen) atoms. The van der Waals surface area contributed by atoms with Crippen LogP contribution in [-0.4, -0.2) is 14.7 Å². The van der Waals surface area contributed by atoms with Crippen LogP contribution < -0.4 is 5.56 Å². The van der Waals surface area contributed by atoms with E-state index in [0.29, 0.717) is 24.2 Å². The van der Waals surface area contributed by atoms with Gasteiger partial charge in [0.1, 0.15) is 0 Å². The Kier molecular flexibility index (Phi) is 2.09. The van der Waals surface area contributed by atoms with Crippen molar-refractivity contribution in [3.63, 3.8) is 0 Å². The van der Waals surface area contributed by atoms with Gasteiger partial charge in [-0.05, 0) is 18.9 Å². The van der Waals surface area contributed by atoms with Gasteiger partial charge in [0.25, 0.3) is 5.56 Å². The summed E-state index contributed by atoms with van der Waals surface area (Å²) < 4.78 is 6.68. The van der Waals surface area contributed by atoms with Gasteiger partial charge in [0.2, 0.25) is 5.89 Å². The molecule has 82 valence electrons. The Bertz CT molecular complexity index is 554. The Labute approximate surface area is 91.7 Å². The molecule has 1 fully saturated rings. The molecule has 2 aromatic heterocycles. The van der Waals surface area contributed by atoms with Crippen LogP contribution in [-0.2, 0) is 6.54 Å². The minimum absolute atomic E-state index is 0.0553. The zero-order valence-electron chi connectivity index (χ0n) is 8.67. The number of nitrogens with zero attached hydrogens (tertiary/aromatic N) is 3. The van der Waals surface area contributed by atoms with Crippen molar-refractivity contribution >= 4 is 0 Å². The fourth-order valence-electron chi connectivity index (χ4n) is 1.57. The predicted molar refractivity (Wildman–Crippen MR) is 56.1 cm³/mol. The van der Waals surface area contributed by atoms with Crippen LogP contribution in [0.25, 0.3) is 0 Å². The molecule has 0 radical (unpaired) electrons. The largest absolute Gasteiger partial charge is 0.339 e. The van der Waals surface area contributed by atoms with Gasteiger partial charge in [-0.25, -0.2) is 0 Å². The van der Waals surface area contributed by atoms with Crippen LogP contribution in [0.3, 0.4) is 0 Å². The third kappa shape index (κ3) is 1.76. The van der Waals surface area contributed by atoms with Crippen molar-refractivity contribution in [1.82, 2.24) is 14.7 Å². The maximum Gasteiger partial charge on any atom is 0.250 e. The SMILES string of the molecule is O=c1ccccn1Cc1noc(C2CC2)n1. The highest BCUT2D eigenvalue weighted by atomic mass is 16.5. The van der Waals surface area contributed by atoms with E-state index in [4.69, 9.17) is 4.52 Å². The lowest BCUT2D eigenvalue weighted by atomic mass is 10.4.